The number of para-hydroxylation sites is 1. The van der Waals surface area contributed by atoms with Gasteiger partial charge in [-0.1, -0.05) is 41.9 Å². The molecule has 0 aliphatic carbocycles. The Balaban J connectivity index is 2.26. The second kappa shape index (κ2) is 7.73. The normalized spacial score (nSPS) is 9.86. The van der Waals surface area contributed by atoms with Gasteiger partial charge in [0, 0.05) is 22.7 Å². The molecule has 0 amide bonds. The third-order valence-electron chi connectivity index (χ3n) is 2.91. The highest BCUT2D eigenvalue weighted by Gasteiger charge is 2.14. The van der Waals surface area contributed by atoms with Crippen LogP contribution in [0.2, 0.25) is 5.02 Å². The molecule has 0 bridgehead atoms. The fourth-order valence-electron chi connectivity index (χ4n) is 1.91. The summed E-state index contributed by atoms with van der Waals surface area (Å²) in [4.78, 5) is 12.6. The van der Waals surface area contributed by atoms with Crippen molar-refractivity contribution < 1.29 is 4.79 Å². The molecule has 112 valence electrons. The Morgan fingerprint density at radius 2 is 2.00 bits per heavy atom. The van der Waals surface area contributed by atoms with Gasteiger partial charge in [-0.25, -0.2) is 0 Å². The Morgan fingerprint density at radius 3 is 2.73 bits per heavy atom. The lowest BCUT2D eigenvalue weighted by Gasteiger charge is -2.13. The molecule has 2 aromatic carbocycles. The predicted octanol–water partition coefficient (Wildman–Crippen LogP) is 4.04. The van der Waals surface area contributed by atoms with Gasteiger partial charge in [0.05, 0.1) is 5.69 Å². The van der Waals surface area contributed by atoms with E-state index in [1.807, 2.05) is 12.1 Å². The molecule has 2 aromatic rings. The molecule has 0 aromatic heterocycles. The van der Waals surface area contributed by atoms with Gasteiger partial charge < -0.3 is 10.6 Å². The maximum absolute atomic E-state index is 12.6. The second-order valence-corrected chi connectivity index (χ2v) is 5.35. The molecular formula is C17H15ClN2OS. The van der Waals surface area contributed by atoms with Crippen molar-refractivity contribution >= 4 is 40.4 Å². The van der Waals surface area contributed by atoms with Gasteiger partial charge in [-0.05, 0) is 36.5 Å². The van der Waals surface area contributed by atoms with Gasteiger partial charge in [0.2, 0.25) is 0 Å². The molecule has 0 fully saturated rings. The molecule has 0 unspecified atom stereocenters. The third kappa shape index (κ3) is 4.16. The van der Waals surface area contributed by atoms with Crippen molar-refractivity contribution in [2.75, 3.05) is 11.9 Å². The predicted molar refractivity (Wildman–Crippen MR) is 95.7 cm³/mol. The van der Waals surface area contributed by atoms with E-state index < -0.39 is 0 Å². The van der Waals surface area contributed by atoms with Crippen LogP contribution in [0, 0.1) is 0 Å². The SMILES string of the molecule is C=CCNC(=S)Nc1ccccc1C(=O)c1cccc(Cl)c1. The van der Waals surface area contributed by atoms with Gasteiger partial charge >= 0.3 is 0 Å². The minimum atomic E-state index is -0.114. The molecule has 0 heterocycles. The fraction of sp³-hybridized carbons (Fsp3) is 0.0588. The lowest BCUT2D eigenvalue weighted by molar-refractivity contribution is 0.103. The molecule has 0 saturated carbocycles. The Bertz CT molecular complexity index is 715. The van der Waals surface area contributed by atoms with Crippen LogP contribution in [0.5, 0.6) is 0 Å². The van der Waals surface area contributed by atoms with E-state index >= 15 is 0 Å². The molecular weight excluding hydrogens is 316 g/mol. The zero-order valence-electron chi connectivity index (χ0n) is 11.8. The number of hydrogen-bond donors (Lipinski definition) is 2. The highest BCUT2D eigenvalue weighted by atomic mass is 35.5. The van der Waals surface area contributed by atoms with Gasteiger partial charge in [-0.3, -0.25) is 4.79 Å². The number of carbonyl (C=O) groups excluding carboxylic acids is 1. The van der Waals surface area contributed by atoms with Crippen molar-refractivity contribution in [3.8, 4) is 0 Å². The van der Waals surface area contributed by atoms with E-state index in [1.54, 1.807) is 42.5 Å². The summed E-state index contributed by atoms with van der Waals surface area (Å²) < 4.78 is 0. The first-order valence-corrected chi connectivity index (χ1v) is 7.45. The zero-order valence-corrected chi connectivity index (χ0v) is 13.4. The summed E-state index contributed by atoms with van der Waals surface area (Å²) in [6.07, 6.45) is 1.71. The molecule has 0 radical (unpaired) electrons. The minimum Gasteiger partial charge on any atom is -0.359 e. The maximum atomic E-state index is 12.6. The van der Waals surface area contributed by atoms with E-state index in [-0.39, 0.29) is 5.78 Å². The van der Waals surface area contributed by atoms with Gasteiger partial charge in [0.1, 0.15) is 0 Å². The standard InChI is InChI=1S/C17H15ClN2OS/c1-2-10-19-17(22)20-15-9-4-3-8-14(15)16(21)12-6-5-7-13(18)11-12/h2-9,11H,1,10H2,(H2,19,20,22). The molecule has 0 atom stereocenters. The van der Waals surface area contributed by atoms with E-state index in [2.05, 4.69) is 17.2 Å². The van der Waals surface area contributed by atoms with Crippen LogP contribution in [0.15, 0.2) is 61.2 Å². The Labute approximate surface area is 140 Å². The van der Waals surface area contributed by atoms with Crippen molar-refractivity contribution in [1.29, 1.82) is 0 Å². The second-order valence-electron chi connectivity index (χ2n) is 4.51. The molecule has 0 spiro atoms. The van der Waals surface area contributed by atoms with Crippen LogP contribution in [0.1, 0.15) is 15.9 Å². The van der Waals surface area contributed by atoms with Crippen LogP contribution < -0.4 is 10.6 Å². The summed E-state index contributed by atoms with van der Waals surface area (Å²) in [5.74, 6) is -0.114. The number of benzene rings is 2. The van der Waals surface area contributed by atoms with Crippen LogP contribution >= 0.6 is 23.8 Å². The number of hydrogen-bond acceptors (Lipinski definition) is 2. The monoisotopic (exact) mass is 330 g/mol. The number of ketones is 1. The molecule has 2 rings (SSSR count). The van der Waals surface area contributed by atoms with E-state index in [0.717, 1.165) is 0 Å². The number of anilines is 1. The molecule has 0 aliphatic rings. The number of nitrogens with one attached hydrogen (secondary N) is 2. The van der Waals surface area contributed by atoms with Crippen molar-refractivity contribution in [1.82, 2.24) is 5.32 Å². The highest BCUT2D eigenvalue weighted by Crippen LogP contribution is 2.21. The number of rotatable bonds is 5. The van der Waals surface area contributed by atoms with Gasteiger partial charge in [0.15, 0.2) is 10.9 Å². The summed E-state index contributed by atoms with van der Waals surface area (Å²) in [5, 5.41) is 6.96. The van der Waals surface area contributed by atoms with Gasteiger partial charge in [-0.2, -0.15) is 0 Å². The Kier molecular flexibility index (Phi) is 5.69. The van der Waals surface area contributed by atoms with Crippen molar-refractivity contribution in [2.45, 2.75) is 0 Å². The van der Waals surface area contributed by atoms with Gasteiger partial charge in [-0.15, -0.1) is 6.58 Å². The van der Waals surface area contributed by atoms with E-state index in [9.17, 15) is 4.79 Å². The average molecular weight is 331 g/mol. The van der Waals surface area contributed by atoms with Crippen molar-refractivity contribution in [2.24, 2.45) is 0 Å². The topological polar surface area (TPSA) is 41.1 Å². The maximum Gasteiger partial charge on any atom is 0.195 e. The number of carbonyl (C=O) groups is 1. The van der Waals surface area contributed by atoms with Crippen LogP contribution in [0.3, 0.4) is 0 Å². The summed E-state index contributed by atoms with van der Waals surface area (Å²) >= 11 is 11.1. The minimum absolute atomic E-state index is 0.114. The van der Waals surface area contributed by atoms with E-state index in [4.69, 9.17) is 23.8 Å². The fourth-order valence-corrected chi connectivity index (χ4v) is 2.29. The van der Waals surface area contributed by atoms with E-state index in [0.29, 0.717) is 33.5 Å². The van der Waals surface area contributed by atoms with E-state index in [1.165, 1.54) is 0 Å². The highest BCUT2D eigenvalue weighted by molar-refractivity contribution is 7.80. The summed E-state index contributed by atoms with van der Waals surface area (Å²) in [7, 11) is 0. The summed E-state index contributed by atoms with van der Waals surface area (Å²) in [6, 6.07) is 14.1. The zero-order chi connectivity index (χ0) is 15.9. The summed E-state index contributed by atoms with van der Waals surface area (Å²) in [5.41, 5.74) is 1.72. The molecule has 5 heteroatoms. The average Bonchev–Trinajstić information content (AvgIpc) is 2.53. The Hall–Kier alpha value is -2.17. The lowest BCUT2D eigenvalue weighted by atomic mass is 10.0. The third-order valence-corrected chi connectivity index (χ3v) is 3.40. The molecule has 2 N–H and O–H groups in total. The largest absolute Gasteiger partial charge is 0.359 e. The molecule has 0 saturated heterocycles. The van der Waals surface area contributed by atoms with Crippen molar-refractivity contribution in [3.05, 3.63) is 77.3 Å². The first kappa shape index (κ1) is 16.2. The smallest absolute Gasteiger partial charge is 0.195 e. The van der Waals surface area contributed by atoms with Crippen LogP contribution in [-0.4, -0.2) is 17.4 Å². The quantitative estimate of drug-likeness (QED) is 0.493. The Morgan fingerprint density at radius 1 is 1.23 bits per heavy atom. The van der Waals surface area contributed by atoms with Crippen LogP contribution in [0.25, 0.3) is 0 Å². The molecule has 0 aliphatic heterocycles. The first-order valence-electron chi connectivity index (χ1n) is 6.67. The van der Waals surface area contributed by atoms with Crippen LogP contribution in [0.4, 0.5) is 5.69 Å². The van der Waals surface area contributed by atoms with Crippen LogP contribution in [-0.2, 0) is 0 Å². The van der Waals surface area contributed by atoms with Crippen molar-refractivity contribution in [3.63, 3.8) is 0 Å². The summed E-state index contributed by atoms with van der Waals surface area (Å²) in [6.45, 7) is 4.17. The number of halogens is 1. The first-order chi connectivity index (χ1) is 10.6. The molecule has 3 nitrogen and oxygen atoms in total. The van der Waals surface area contributed by atoms with Gasteiger partial charge in [0.25, 0.3) is 0 Å². The molecule has 22 heavy (non-hydrogen) atoms. The lowest BCUT2D eigenvalue weighted by Crippen LogP contribution is -2.29. The number of thiocarbonyl (C=S) groups is 1.